The van der Waals surface area contributed by atoms with E-state index in [1.54, 1.807) is 29.8 Å². The molecule has 0 N–H and O–H groups in total. The van der Waals surface area contributed by atoms with Crippen molar-refractivity contribution in [1.82, 2.24) is 4.90 Å². The van der Waals surface area contributed by atoms with Gasteiger partial charge in [-0.15, -0.1) is 0 Å². The Morgan fingerprint density at radius 2 is 1.96 bits per heavy atom. The maximum absolute atomic E-state index is 12.6. The monoisotopic (exact) mass is 389 g/mol. The van der Waals surface area contributed by atoms with Crippen LogP contribution in [0.5, 0.6) is 5.75 Å². The zero-order valence-corrected chi connectivity index (χ0v) is 16.9. The molecule has 0 saturated heterocycles. The molecule has 0 bridgehead atoms. The van der Waals surface area contributed by atoms with Crippen molar-refractivity contribution in [2.75, 3.05) is 13.7 Å². The number of thioether (sulfide) groups is 1. The molecule has 27 heavy (non-hydrogen) atoms. The van der Waals surface area contributed by atoms with Gasteiger partial charge in [-0.2, -0.15) is 0 Å². The summed E-state index contributed by atoms with van der Waals surface area (Å²) in [6.45, 7) is 7.29. The van der Waals surface area contributed by atoms with E-state index in [-0.39, 0.29) is 23.8 Å². The molecule has 0 saturated carbocycles. The fourth-order valence-electron chi connectivity index (χ4n) is 2.48. The lowest BCUT2D eigenvalue weighted by Crippen LogP contribution is -2.33. The molecular formula is C20H23NO5S. The molecule has 1 aromatic rings. The number of carbonyl (C=O) groups is 3. The summed E-state index contributed by atoms with van der Waals surface area (Å²) >= 11 is 1.28. The van der Waals surface area contributed by atoms with Crippen LogP contribution in [0.1, 0.15) is 38.8 Å². The number of nitrogens with zero attached hydrogens (tertiary/aromatic N) is 1. The number of benzene rings is 1. The predicted octanol–water partition coefficient (Wildman–Crippen LogP) is 3.47. The molecule has 0 atom stereocenters. The van der Waals surface area contributed by atoms with Crippen LogP contribution in [-0.4, -0.2) is 36.4 Å². The fourth-order valence-corrected chi connectivity index (χ4v) is 3.26. The van der Waals surface area contributed by atoms with Crippen molar-refractivity contribution in [3.8, 4) is 5.75 Å². The zero-order valence-electron chi connectivity index (χ0n) is 16.1. The number of ether oxygens (including phenoxy) is 2. The molecule has 144 valence electrons. The van der Waals surface area contributed by atoms with Crippen molar-refractivity contribution < 1.29 is 23.9 Å². The second-order valence-electron chi connectivity index (χ2n) is 7.02. The van der Waals surface area contributed by atoms with Gasteiger partial charge in [-0.3, -0.25) is 14.4 Å². The van der Waals surface area contributed by atoms with Crippen LogP contribution < -0.4 is 4.74 Å². The van der Waals surface area contributed by atoms with E-state index < -0.39 is 5.97 Å². The third-order valence-electron chi connectivity index (χ3n) is 3.80. The third kappa shape index (κ3) is 5.47. The first-order valence-corrected chi connectivity index (χ1v) is 9.25. The van der Waals surface area contributed by atoms with Gasteiger partial charge in [0.15, 0.2) is 0 Å². The second kappa shape index (κ2) is 8.43. The fraction of sp³-hybridized carbons (Fsp3) is 0.350. The van der Waals surface area contributed by atoms with Crippen LogP contribution in [0.3, 0.4) is 0 Å². The van der Waals surface area contributed by atoms with Crippen molar-refractivity contribution in [2.45, 2.75) is 33.1 Å². The van der Waals surface area contributed by atoms with E-state index in [9.17, 15) is 14.4 Å². The van der Waals surface area contributed by atoms with Crippen LogP contribution in [0, 0.1) is 0 Å². The number of hydrogen-bond donors (Lipinski definition) is 0. The molecule has 1 aromatic carbocycles. The van der Waals surface area contributed by atoms with Gasteiger partial charge in [0.05, 0.1) is 12.0 Å². The Morgan fingerprint density at radius 1 is 1.26 bits per heavy atom. The topological polar surface area (TPSA) is 72.9 Å². The molecule has 1 heterocycles. The highest BCUT2D eigenvalue weighted by Crippen LogP contribution is 2.34. The molecule has 0 spiro atoms. The summed E-state index contributed by atoms with van der Waals surface area (Å²) in [6.07, 6.45) is 3.32. The smallest absolute Gasteiger partial charge is 0.325 e. The molecule has 1 aliphatic heterocycles. The van der Waals surface area contributed by atoms with Gasteiger partial charge in [0.25, 0.3) is 5.91 Å². The lowest BCUT2D eigenvalue weighted by Gasteiger charge is -2.23. The van der Waals surface area contributed by atoms with Crippen LogP contribution >= 0.6 is 11.8 Å². The number of rotatable bonds is 4. The summed E-state index contributed by atoms with van der Waals surface area (Å²) < 4.78 is 9.93. The number of esters is 2. The maximum Gasteiger partial charge on any atom is 0.325 e. The molecular weight excluding hydrogens is 366 g/mol. The van der Waals surface area contributed by atoms with Gasteiger partial charge in [0.1, 0.15) is 12.3 Å². The van der Waals surface area contributed by atoms with Crippen molar-refractivity contribution in [3.05, 3.63) is 45.8 Å². The SMILES string of the molecule is COC(=O)CN1C=CSC(=Cc2ccc(OC(C)=O)c(C(C)(C)C)c2)C1=O. The van der Waals surface area contributed by atoms with Gasteiger partial charge >= 0.3 is 11.9 Å². The minimum Gasteiger partial charge on any atom is -0.468 e. The minimum atomic E-state index is -0.486. The number of amides is 1. The van der Waals surface area contributed by atoms with Crippen molar-refractivity contribution in [2.24, 2.45) is 0 Å². The predicted molar refractivity (Wildman–Crippen MR) is 105 cm³/mol. The first-order valence-electron chi connectivity index (χ1n) is 8.37. The molecule has 0 aliphatic carbocycles. The van der Waals surface area contributed by atoms with E-state index in [2.05, 4.69) is 4.74 Å². The molecule has 7 heteroatoms. The molecule has 0 aromatic heterocycles. The van der Waals surface area contributed by atoms with E-state index in [4.69, 9.17) is 4.74 Å². The van der Waals surface area contributed by atoms with Crippen LogP contribution in [0.4, 0.5) is 0 Å². The van der Waals surface area contributed by atoms with E-state index in [1.807, 2.05) is 26.8 Å². The standard InChI is InChI=1S/C20H23NO5S/c1-13(22)26-16-7-6-14(10-15(16)20(2,3)4)11-17-19(24)21(8-9-27-17)12-18(23)25-5/h6-11H,12H2,1-5H3. The lowest BCUT2D eigenvalue weighted by molar-refractivity contribution is -0.144. The summed E-state index contributed by atoms with van der Waals surface area (Å²) in [6, 6.07) is 5.42. The van der Waals surface area contributed by atoms with Gasteiger partial charge in [-0.05, 0) is 34.6 Å². The van der Waals surface area contributed by atoms with E-state index in [0.29, 0.717) is 10.7 Å². The Kier molecular flexibility index (Phi) is 6.49. The van der Waals surface area contributed by atoms with Crippen molar-refractivity contribution in [3.63, 3.8) is 0 Å². The Bertz CT molecular complexity index is 820. The van der Waals surface area contributed by atoms with Crippen molar-refractivity contribution >= 4 is 35.7 Å². The molecule has 0 unspecified atom stereocenters. The van der Waals surface area contributed by atoms with Crippen molar-refractivity contribution in [1.29, 1.82) is 0 Å². The van der Waals surface area contributed by atoms with E-state index in [0.717, 1.165) is 11.1 Å². The summed E-state index contributed by atoms with van der Waals surface area (Å²) in [5, 5.41) is 1.74. The molecule has 2 rings (SSSR count). The summed E-state index contributed by atoms with van der Waals surface area (Å²) in [5.41, 5.74) is 1.42. The quantitative estimate of drug-likeness (QED) is 0.446. The van der Waals surface area contributed by atoms with Gasteiger partial charge in [0, 0.05) is 18.7 Å². The first kappa shape index (κ1) is 20.8. The number of carbonyl (C=O) groups excluding carboxylic acids is 3. The van der Waals surface area contributed by atoms with Crippen LogP contribution in [0.15, 0.2) is 34.7 Å². The Hall–Kier alpha value is -2.54. The highest BCUT2D eigenvalue weighted by Gasteiger charge is 2.24. The molecule has 1 aliphatic rings. The zero-order chi connectivity index (χ0) is 20.2. The van der Waals surface area contributed by atoms with E-state index in [1.165, 1.54) is 30.7 Å². The van der Waals surface area contributed by atoms with Crippen LogP contribution in [0.25, 0.3) is 6.08 Å². The third-order valence-corrected chi connectivity index (χ3v) is 4.60. The van der Waals surface area contributed by atoms with Gasteiger partial charge in [-0.1, -0.05) is 38.6 Å². The summed E-state index contributed by atoms with van der Waals surface area (Å²) in [7, 11) is 1.28. The second-order valence-corrected chi connectivity index (χ2v) is 7.97. The van der Waals surface area contributed by atoms with Crippen LogP contribution in [0.2, 0.25) is 0 Å². The average molecular weight is 389 g/mol. The van der Waals surface area contributed by atoms with Gasteiger partial charge in [-0.25, -0.2) is 0 Å². The Labute approximate surface area is 163 Å². The highest BCUT2D eigenvalue weighted by atomic mass is 32.2. The Morgan fingerprint density at radius 3 is 2.56 bits per heavy atom. The maximum atomic E-state index is 12.6. The summed E-state index contributed by atoms with van der Waals surface area (Å²) in [4.78, 5) is 37.2. The minimum absolute atomic E-state index is 0.137. The molecule has 0 radical (unpaired) electrons. The molecule has 1 amide bonds. The normalized spacial score (nSPS) is 15.8. The molecule has 0 fully saturated rings. The summed E-state index contributed by atoms with van der Waals surface area (Å²) in [5.74, 6) is -0.630. The highest BCUT2D eigenvalue weighted by molar-refractivity contribution is 8.06. The number of methoxy groups -OCH3 is 1. The van der Waals surface area contributed by atoms with Gasteiger partial charge < -0.3 is 14.4 Å². The van der Waals surface area contributed by atoms with Gasteiger partial charge in [0.2, 0.25) is 0 Å². The van der Waals surface area contributed by atoms with Crippen LogP contribution in [-0.2, 0) is 24.5 Å². The average Bonchev–Trinajstić information content (AvgIpc) is 2.58. The molecule has 6 nitrogen and oxygen atoms in total. The number of hydrogen-bond acceptors (Lipinski definition) is 6. The van der Waals surface area contributed by atoms with E-state index >= 15 is 0 Å². The Balaban J connectivity index is 2.35. The largest absolute Gasteiger partial charge is 0.468 e. The first-order chi connectivity index (χ1) is 12.6. The lowest BCUT2D eigenvalue weighted by atomic mass is 9.85.